The fourth-order valence-corrected chi connectivity index (χ4v) is 9.59. The lowest BCUT2D eigenvalue weighted by molar-refractivity contribution is 0.653. The third-order valence-corrected chi connectivity index (χ3v) is 11.4. The molecule has 3 aliphatic rings. The minimum absolute atomic E-state index is 0.0514. The van der Waals surface area contributed by atoms with Gasteiger partial charge < -0.3 is 0 Å². The summed E-state index contributed by atoms with van der Waals surface area (Å²) in [7, 11) is 0. The molecule has 200 valence electrons. The van der Waals surface area contributed by atoms with E-state index in [1.807, 2.05) is 11.8 Å². The van der Waals surface area contributed by atoms with Gasteiger partial charge in [0, 0.05) is 19.7 Å². The molecule has 6 aromatic carbocycles. The molecular weight excluding hydrogens is 592 g/mol. The highest BCUT2D eigenvalue weighted by atomic mass is 79.9. The second-order valence-electron chi connectivity index (χ2n) is 12.2. The second kappa shape index (κ2) is 8.60. The zero-order valence-electron chi connectivity index (χ0n) is 23.4. The molecule has 0 nitrogen and oxygen atoms in total. The van der Waals surface area contributed by atoms with Crippen LogP contribution in [0, 0.1) is 0 Å². The predicted molar refractivity (Wildman–Crippen MR) is 179 cm³/mol. The van der Waals surface area contributed by atoms with Gasteiger partial charge in [-0.15, -0.1) is 0 Å². The van der Waals surface area contributed by atoms with Crippen LogP contribution in [0.4, 0.5) is 0 Å². The van der Waals surface area contributed by atoms with Gasteiger partial charge in [0.15, 0.2) is 0 Å². The van der Waals surface area contributed by atoms with Crippen molar-refractivity contribution in [3.05, 3.63) is 165 Å². The largest absolute Gasteiger partial charge is 0.0894 e. The SMILES string of the molecule is CC1(C)c2ccccc2-c2cc3c(cc21)Sc1ccccc1C31c2ccccc2-c2ccccc2-c2ccc(Br)cc21. The average Bonchev–Trinajstić information content (AvgIpc) is 3.18. The first-order valence-electron chi connectivity index (χ1n) is 14.5. The Morgan fingerprint density at radius 3 is 1.74 bits per heavy atom. The molecule has 1 aliphatic heterocycles. The van der Waals surface area contributed by atoms with Gasteiger partial charge in [-0.25, -0.2) is 0 Å². The van der Waals surface area contributed by atoms with Crippen molar-refractivity contribution in [3.63, 3.8) is 0 Å². The van der Waals surface area contributed by atoms with Gasteiger partial charge in [0.25, 0.3) is 0 Å². The van der Waals surface area contributed by atoms with E-state index in [0.29, 0.717) is 0 Å². The molecule has 0 radical (unpaired) electrons. The van der Waals surface area contributed by atoms with Crippen molar-refractivity contribution in [1.82, 2.24) is 0 Å². The maximum atomic E-state index is 3.91. The minimum Gasteiger partial charge on any atom is -0.0894 e. The monoisotopic (exact) mass is 618 g/mol. The molecule has 0 saturated carbocycles. The molecule has 2 heteroatoms. The van der Waals surface area contributed by atoms with Gasteiger partial charge in [-0.2, -0.15) is 0 Å². The lowest BCUT2D eigenvalue weighted by Crippen LogP contribution is -2.35. The average molecular weight is 620 g/mol. The third-order valence-electron chi connectivity index (χ3n) is 9.82. The minimum atomic E-state index is -0.497. The quantitative estimate of drug-likeness (QED) is 0.163. The molecule has 1 unspecified atom stereocenters. The first-order valence-corrected chi connectivity index (χ1v) is 16.2. The third kappa shape index (κ3) is 3.04. The molecule has 42 heavy (non-hydrogen) atoms. The van der Waals surface area contributed by atoms with E-state index in [1.165, 1.54) is 76.6 Å². The van der Waals surface area contributed by atoms with Crippen LogP contribution in [0.15, 0.2) is 142 Å². The van der Waals surface area contributed by atoms with E-state index in [0.717, 1.165) is 4.47 Å². The smallest absolute Gasteiger partial charge is 0.0735 e. The summed E-state index contributed by atoms with van der Waals surface area (Å²) < 4.78 is 1.10. The van der Waals surface area contributed by atoms with Crippen LogP contribution in [0.1, 0.15) is 47.2 Å². The van der Waals surface area contributed by atoms with E-state index in [9.17, 15) is 0 Å². The summed E-state index contributed by atoms with van der Waals surface area (Å²) in [5.41, 5.74) is 15.6. The number of hydrogen-bond donors (Lipinski definition) is 0. The summed E-state index contributed by atoms with van der Waals surface area (Å²) in [6, 6.07) is 48.1. The van der Waals surface area contributed by atoms with E-state index in [-0.39, 0.29) is 5.41 Å². The van der Waals surface area contributed by atoms with Crippen molar-refractivity contribution in [2.75, 3.05) is 0 Å². The van der Waals surface area contributed by atoms with Crippen LogP contribution in [-0.4, -0.2) is 0 Å². The van der Waals surface area contributed by atoms with E-state index in [2.05, 4.69) is 157 Å². The van der Waals surface area contributed by atoms with Crippen LogP contribution in [0.2, 0.25) is 0 Å². The molecule has 0 bridgehead atoms. The zero-order chi connectivity index (χ0) is 28.2. The van der Waals surface area contributed by atoms with Crippen LogP contribution in [0.25, 0.3) is 33.4 Å². The summed E-state index contributed by atoms with van der Waals surface area (Å²) in [4.78, 5) is 2.67. The van der Waals surface area contributed by atoms with Crippen LogP contribution in [-0.2, 0) is 10.8 Å². The Morgan fingerprint density at radius 2 is 1.00 bits per heavy atom. The number of benzene rings is 6. The van der Waals surface area contributed by atoms with Crippen molar-refractivity contribution < 1.29 is 0 Å². The van der Waals surface area contributed by atoms with Crippen molar-refractivity contribution >= 4 is 27.7 Å². The fourth-order valence-electron chi connectivity index (χ4n) is 8.02. The number of halogens is 1. The topological polar surface area (TPSA) is 0 Å². The van der Waals surface area contributed by atoms with Crippen molar-refractivity contribution in [1.29, 1.82) is 0 Å². The van der Waals surface area contributed by atoms with E-state index >= 15 is 0 Å². The van der Waals surface area contributed by atoms with E-state index in [4.69, 9.17) is 0 Å². The van der Waals surface area contributed by atoms with Gasteiger partial charge in [0.1, 0.15) is 0 Å². The number of rotatable bonds is 0. The highest BCUT2D eigenvalue weighted by molar-refractivity contribution is 9.10. The summed E-state index contributed by atoms with van der Waals surface area (Å²) in [6.07, 6.45) is 0. The summed E-state index contributed by atoms with van der Waals surface area (Å²) >= 11 is 5.83. The normalized spacial score (nSPS) is 18.1. The Kier molecular flexibility index (Phi) is 5.06. The molecule has 1 heterocycles. The Bertz CT molecular complexity index is 2120. The predicted octanol–water partition coefficient (Wildman–Crippen LogP) is 11.3. The van der Waals surface area contributed by atoms with Gasteiger partial charge in [-0.1, -0.05) is 139 Å². The lowest BCUT2D eigenvalue weighted by Gasteiger charge is -2.43. The molecular formula is C40H27BrS. The van der Waals surface area contributed by atoms with Gasteiger partial charge in [0.2, 0.25) is 0 Å². The molecule has 0 saturated heterocycles. The Hall–Kier alpha value is -3.85. The van der Waals surface area contributed by atoms with Gasteiger partial charge in [0.05, 0.1) is 5.41 Å². The molecule has 0 N–H and O–H groups in total. The van der Waals surface area contributed by atoms with Crippen LogP contribution in [0.3, 0.4) is 0 Å². The Balaban J connectivity index is 1.51. The highest BCUT2D eigenvalue weighted by Gasteiger charge is 2.49. The van der Waals surface area contributed by atoms with Gasteiger partial charge >= 0.3 is 0 Å². The molecule has 6 aromatic rings. The van der Waals surface area contributed by atoms with Gasteiger partial charge in [-0.05, 0) is 97.1 Å². The first kappa shape index (κ1) is 24.7. The van der Waals surface area contributed by atoms with Crippen molar-refractivity contribution in [2.24, 2.45) is 0 Å². The Labute approximate surface area is 259 Å². The van der Waals surface area contributed by atoms with E-state index < -0.39 is 5.41 Å². The van der Waals surface area contributed by atoms with Crippen LogP contribution in [0.5, 0.6) is 0 Å². The summed E-state index contributed by atoms with van der Waals surface area (Å²) in [5, 5.41) is 0. The molecule has 0 amide bonds. The Morgan fingerprint density at radius 1 is 0.429 bits per heavy atom. The molecule has 0 aromatic heterocycles. The van der Waals surface area contributed by atoms with Crippen LogP contribution >= 0.6 is 27.7 Å². The highest BCUT2D eigenvalue weighted by Crippen LogP contribution is 2.63. The van der Waals surface area contributed by atoms with Gasteiger partial charge in [-0.3, -0.25) is 0 Å². The lowest BCUT2D eigenvalue weighted by atomic mass is 9.62. The first-order chi connectivity index (χ1) is 20.5. The molecule has 9 rings (SSSR count). The molecule has 2 aliphatic carbocycles. The fraction of sp³-hybridized carbons (Fsp3) is 0.100. The number of fused-ring (bicyclic) bond motifs is 14. The molecule has 1 spiro atoms. The van der Waals surface area contributed by atoms with Crippen molar-refractivity contribution in [2.45, 2.75) is 34.5 Å². The molecule has 0 fully saturated rings. The summed E-state index contributed by atoms with van der Waals surface area (Å²) in [5.74, 6) is 0. The zero-order valence-corrected chi connectivity index (χ0v) is 25.8. The van der Waals surface area contributed by atoms with Crippen LogP contribution < -0.4 is 0 Å². The standard InChI is InChI=1S/C40H27BrS/c1-39(2)31-15-7-5-14-28(31)30-22-36-38(23-34(30)39)42-37-18-10-9-17-33(37)40(36)32-16-8-6-13-27(32)25-11-3-4-12-26(25)29-20-19-24(41)21-35(29)40/h3-23H,1-2H3. The maximum absolute atomic E-state index is 3.91. The number of hydrogen-bond acceptors (Lipinski definition) is 1. The second-order valence-corrected chi connectivity index (χ2v) is 14.2. The molecule has 1 atom stereocenters. The maximum Gasteiger partial charge on any atom is 0.0735 e. The summed E-state index contributed by atoms with van der Waals surface area (Å²) in [6.45, 7) is 4.76. The van der Waals surface area contributed by atoms with E-state index in [1.54, 1.807) is 0 Å². The van der Waals surface area contributed by atoms with Crippen molar-refractivity contribution in [3.8, 4) is 33.4 Å².